The summed E-state index contributed by atoms with van der Waals surface area (Å²) in [5.41, 5.74) is 7.91. The van der Waals surface area contributed by atoms with Crippen molar-refractivity contribution >= 4 is 11.5 Å². The summed E-state index contributed by atoms with van der Waals surface area (Å²) in [5.74, 6) is 1.73. The zero-order valence-corrected chi connectivity index (χ0v) is 11.5. The van der Waals surface area contributed by atoms with Crippen LogP contribution in [0, 0.1) is 0 Å². The Bertz CT molecular complexity index is 520. The van der Waals surface area contributed by atoms with E-state index in [1.54, 1.807) is 7.11 Å². The molecule has 0 aliphatic rings. The van der Waals surface area contributed by atoms with Crippen LogP contribution < -0.4 is 15.4 Å². The van der Waals surface area contributed by atoms with Crippen LogP contribution in [-0.2, 0) is 0 Å². The van der Waals surface area contributed by atoms with Gasteiger partial charge in [-0.2, -0.15) is 0 Å². The molecule has 0 bridgehead atoms. The molecule has 2 aromatic rings. The third kappa shape index (κ3) is 3.03. The summed E-state index contributed by atoms with van der Waals surface area (Å²) in [7, 11) is 3.64. The predicted molar refractivity (Wildman–Crippen MR) is 77.9 cm³/mol. The second-order valence-corrected chi connectivity index (χ2v) is 4.50. The van der Waals surface area contributed by atoms with Crippen molar-refractivity contribution in [2.24, 2.45) is 5.73 Å². The number of methoxy groups -OCH3 is 1. The van der Waals surface area contributed by atoms with Crippen molar-refractivity contribution in [2.45, 2.75) is 13.0 Å². The Morgan fingerprint density at radius 1 is 1.16 bits per heavy atom. The third-order valence-electron chi connectivity index (χ3n) is 3.10. The quantitative estimate of drug-likeness (QED) is 0.915. The third-order valence-corrected chi connectivity index (χ3v) is 3.10. The van der Waals surface area contributed by atoms with Crippen LogP contribution in [0.15, 0.2) is 42.6 Å². The first kappa shape index (κ1) is 13.4. The average molecular weight is 257 g/mol. The summed E-state index contributed by atoms with van der Waals surface area (Å²) in [4.78, 5) is 6.45. The summed E-state index contributed by atoms with van der Waals surface area (Å²) in [5, 5.41) is 0. The van der Waals surface area contributed by atoms with Gasteiger partial charge in [0.25, 0.3) is 0 Å². The van der Waals surface area contributed by atoms with Gasteiger partial charge in [0.15, 0.2) is 0 Å². The van der Waals surface area contributed by atoms with E-state index in [0.29, 0.717) is 0 Å². The van der Waals surface area contributed by atoms with Crippen molar-refractivity contribution in [2.75, 3.05) is 19.1 Å². The van der Waals surface area contributed by atoms with Crippen LogP contribution in [-0.4, -0.2) is 19.1 Å². The van der Waals surface area contributed by atoms with Crippen LogP contribution in [0.1, 0.15) is 18.5 Å². The fourth-order valence-corrected chi connectivity index (χ4v) is 1.80. The fourth-order valence-electron chi connectivity index (χ4n) is 1.80. The van der Waals surface area contributed by atoms with Crippen LogP contribution in [0.4, 0.5) is 11.5 Å². The summed E-state index contributed by atoms with van der Waals surface area (Å²) in [6, 6.07) is 11.9. The van der Waals surface area contributed by atoms with Gasteiger partial charge in [0, 0.05) is 25.0 Å². The van der Waals surface area contributed by atoms with Crippen LogP contribution >= 0.6 is 0 Å². The number of pyridine rings is 1. The van der Waals surface area contributed by atoms with Gasteiger partial charge < -0.3 is 15.4 Å². The predicted octanol–water partition coefficient (Wildman–Crippen LogP) is 2.88. The number of hydrogen-bond donors (Lipinski definition) is 1. The number of nitrogens with zero attached hydrogens (tertiary/aromatic N) is 2. The molecule has 0 fully saturated rings. The lowest BCUT2D eigenvalue weighted by atomic mass is 10.1. The molecule has 1 heterocycles. The lowest BCUT2D eigenvalue weighted by Crippen LogP contribution is -2.12. The standard InChI is InChI=1S/C15H19N3O/c1-11(16)12-4-9-15(17-10-12)18(2)13-5-7-14(19-3)8-6-13/h4-11H,16H2,1-3H3/t11-/m0/s1. The van der Waals surface area contributed by atoms with E-state index in [-0.39, 0.29) is 6.04 Å². The number of benzene rings is 1. The van der Waals surface area contributed by atoms with Crippen LogP contribution in [0.5, 0.6) is 5.75 Å². The van der Waals surface area contributed by atoms with E-state index >= 15 is 0 Å². The Balaban J connectivity index is 2.20. The number of hydrogen-bond acceptors (Lipinski definition) is 4. The van der Waals surface area contributed by atoms with Gasteiger partial charge >= 0.3 is 0 Å². The first-order valence-corrected chi connectivity index (χ1v) is 6.21. The number of ether oxygens (including phenoxy) is 1. The highest BCUT2D eigenvalue weighted by molar-refractivity contribution is 5.59. The van der Waals surface area contributed by atoms with E-state index in [9.17, 15) is 0 Å². The van der Waals surface area contributed by atoms with Crippen molar-refractivity contribution < 1.29 is 4.74 Å². The molecule has 0 aliphatic heterocycles. The van der Waals surface area contributed by atoms with E-state index < -0.39 is 0 Å². The van der Waals surface area contributed by atoms with Gasteiger partial charge in [0.05, 0.1) is 7.11 Å². The maximum absolute atomic E-state index is 5.82. The molecule has 100 valence electrons. The van der Waals surface area contributed by atoms with Gasteiger partial charge in [-0.05, 0) is 42.8 Å². The number of rotatable bonds is 4. The highest BCUT2D eigenvalue weighted by Crippen LogP contribution is 2.24. The minimum Gasteiger partial charge on any atom is -0.497 e. The van der Waals surface area contributed by atoms with Crippen molar-refractivity contribution in [3.05, 3.63) is 48.2 Å². The van der Waals surface area contributed by atoms with E-state index in [1.165, 1.54) is 0 Å². The minimum absolute atomic E-state index is 0.00726. The molecule has 4 nitrogen and oxygen atoms in total. The van der Waals surface area contributed by atoms with Crippen LogP contribution in [0.3, 0.4) is 0 Å². The maximum Gasteiger partial charge on any atom is 0.132 e. The molecule has 0 saturated heterocycles. The summed E-state index contributed by atoms with van der Waals surface area (Å²) in [6.45, 7) is 1.95. The molecule has 19 heavy (non-hydrogen) atoms. The van der Waals surface area contributed by atoms with Gasteiger partial charge in [-0.25, -0.2) is 4.98 Å². The van der Waals surface area contributed by atoms with Gasteiger partial charge in [-0.15, -0.1) is 0 Å². The Kier molecular flexibility index (Phi) is 4.02. The highest BCUT2D eigenvalue weighted by Gasteiger charge is 2.06. The molecule has 0 saturated carbocycles. The monoisotopic (exact) mass is 257 g/mol. The molecule has 0 unspecified atom stereocenters. The normalized spacial score (nSPS) is 12.0. The Morgan fingerprint density at radius 2 is 1.84 bits per heavy atom. The lowest BCUT2D eigenvalue weighted by molar-refractivity contribution is 0.415. The SMILES string of the molecule is COc1ccc(N(C)c2ccc([C@H](C)N)cn2)cc1. The first-order valence-electron chi connectivity index (χ1n) is 6.21. The topological polar surface area (TPSA) is 51.4 Å². The molecule has 0 spiro atoms. The molecule has 4 heteroatoms. The van der Waals surface area contributed by atoms with E-state index in [1.807, 2.05) is 61.5 Å². The minimum atomic E-state index is 0.00726. The summed E-state index contributed by atoms with van der Waals surface area (Å²) >= 11 is 0. The van der Waals surface area contributed by atoms with E-state index in [0.717, 1.165) is 22.8 Å². The molecular weight excluding hydrogens is 238 g/mol. The molecule has 2 N–H and O–H groups in total. The Labute approximate surface area is 113 Å². The molecule has 1 aromatic carbocycles. The van der Waals surface area contributed by atoms with Crippen molar-refractivity contribution in [1.29, 1.82) is 0 Å². The molecular formula is C15H19N3O. The second-order valence-electron chi connectivity index (χ2n) is 4.50. The van der Waals surface area contributed by atoms with Gasteiger partial charge in [-0.3, -0.25) is 0 Å². The summed E-state index contributed by atoms with van der Waals surface area (Å²) < 4.78 is 5.15. The average Bonchev–Trinajstić information content (AvgIpc) is 2.46. The lowest BCUT2D eigenvalue weighted by Gasteiger charge is -2.19. The van der Waals surface area contributed by atoms with E-state index in [2.05, 4.69) is 4.98 Å². The van der Waals surface area contributed by atoms with E-state index in [4.69, 9.17) is 10.5 Å². The van der Waals surface area contributed by atoms with Crippen LogP contribution in [0.25, 0.3) is 0 Å². The zero-order valence-electron chi connectivity index (χ0n) is 11.5. The molecule has 0 amide bonds. The van der Waals surface area contributed by atoms with Gasteiger partial charge in [0.2, 0.25) is 0 Å². The maximum atomic E-state index is 5.82. The number of anilines is 2. The molecule has 0 radical (unpaired) electrons. The van der Waals surface area contributed by atoms with Gasteiger partial charge in [0.1, 0.15) is 11.6 Å². The Morgan fingerprint density at radius 3 is 2.32 bits per heavy atom. The largest absolute Gasteiger partial charge is 0.497 e. The molecule has 2 rings (SSSR count). The molecule has 1 atom stereocenters. The molecule has 1 aromatic heterocycles. The molecule has 0 aliphatic carbocycles. The zero-order chi connectivity index (χ0) is 13.8. The van der Waals surface area contributed by atoms with Crippen molar-refractivity contribution in [3.8, 4) is 5.75 Å². The second kappa shape index (κ2) is 5.71. The highest BCUT2D eigenvalue weighted by atomic mass is 16.5. The summed E-state index contributed by atoms with van der Waals surface area (Å²) in [6.07, 6.45) is 1.82. The Hall–Kier alpha value is -2.07. The van der Waals surface area contributed by atoms with Crippen molar-refractivity contribution in [3.63, 3.8) is 0 Å². The first-order chi connectivity index (χ1) is 9.11. The van der Waals surface area contributed by atoms with Gasteiger partial charge in [-0.1, -0.05) is 6.07 Å². The number of aromatic nitrogens is 1. The fraction of sp³-hybridized carbons (Fsp3) is 0.267. The number of nitrogens with two attached hydrogens (primary N) is 1. The van der Waals surface area contributed by atoms with Crippen molar-refractivity contribution in [1.82, 2.24) is 4.98 Å². The smallest absolute Gasteiger partial charge is 0.132 e. The van der Waals surface area contributed by atoms with Crippen LogP contribution in [0.2, 0.25) is 0 Å².